The fourth-order valence-corrected chi connectivity index (χ4v) is 3.13. The molecule has 3 heteroatoms. The Bertz CT molecular complexity index is 319. The molecule has 0 unspecified atom stereocenters. The molecule has 94 valence electrons. The molecule has 1 atom stereocenters. The Hall–Kier alpha value is -0.670. The number of piperidine rings is 1. The molecule has 1 saturated heterocycles. The SMILES string of the molecule is COc1ccc(SCC[C@@H]2CCCCN2)cc1. The Kier molecular flexibility index (Phi) is 5.20. The fraction of sp³-hybridized carbons (Fsp3) is 0.571. The summed E-state index contributed by atoms with van der Waals surface area (Å²) in [5.41, 5.74) is 0. The van der Waals surface area contributed by atoms with Crippen LogP contribution >= 0.6 is 11.8 Å². The zero-order valence-corrected chi connectivity index (χ0v) is 11.3. The van der Waals surface area contributed by atoms with Gasteiger partial charge in [-0.2, -0.15) is 0 Å². The summed E-state index contributed by atoms with van der Waals surface area (Å²) in [6.07, 6.45) is 5.37. The molecule has 1 N–H and O–H groups in total. The van der Waals surface area contributed by atoms with Gasteiger partial charge in [0.25, 0.3) is 0 Å². The minimum absolute atomic E-state index is 0.745. The van der Waals surface area contributed by atoms with Crippen LogP contribution in [0, 0.1) is 0 Å². The third-order valence-electron chi connectivity index (χ3n) is 3.21. The molecule has 1 aliphatic rings. The van der Waals surface area contributed by atoms with Crippen molar-refractivity contribution >= 4 is 11.8 Å². The van der Waals surface area contributed by atoms with Gasteiger partial charge >= 0.3 is 0 Å². The summed E-state index contributed by atoms with van der Waals surface area (Å²) in [6.45, 7) is 1.21. The van der Waals surface area contributed by atoms with Gasteiger partial charge in [-0.05, 0) is 55.8 Å². The highest BCUT2D eigenvalue weighted by atomic mass is 32.2. The first-order chi connectivity index (χ1) is 8.38. The molecule has 0 bridgehead atoms. The van der Waals surface area contributed by atoms with Gasteiger partial charge in [-0.3, -0.25) is 0 Å². The summed E-state index contributed by atoms with van der Waals surface area (Å²) in [5.74, 6) is 2.13. The number of nitrogens with one attached hydrogen (secondary N) is 1. The first-order valence-corrected chi connectivity index (χ1v) is 7.37. The third kappa shape index (κ3) is 4.25. The molecule has 0 radical (unpaired) electrons. The van der Waals surface area contributed by atoms with Crippen LogP contribution in [-0.4, -0.2) is 25.4 Å². The first kappa shape index (κ1) is 12.8. The molecule has 2 rings (SSSR count). The van der Waals surface area contributed by atoms with Gasteiger partial charge in [0, 0.05) is 10.9 Å². The highest BCUT2D eigenvalue weighted by molar-refractivity contribution is 7.99. The maximum Gasteiger partial charge on any atom is 0.118 e. The summed E-state index contributed by atoms with van der Waals surface area (Å²) in [4.78, 5) is 1.33. The van der Waals surface area contributed by atoms with Gasteiger partial charge in [0.1, 0.15) is 5.75 Å². The van der Waals surface area contributed by atoms with E-state index in [2.05, 4.69) is 17.4 Å². The Morgan fingerprint density at radius 2 is 2.12 bits per heavy atom. The molecule has 1 heterocycles. The Balaban J connectivity index is 1.69. The number of benzene rings is 1. The van der Waals surface area contributed by atoms with Crippen molar-refractivity contribution in [3.8, 4) is 5.75 Å². The van der Waals surface area contributed by atoms with E-state index in [4.69, 9.17) is 4.74 Å². The van der Waals surface area contributed by atoms with Gasteiger partial charge in [0.15, 0.2) is 0 Å². The topological polar surface area (TPSA) is 21.3 Å². The summed E-state index contributed by atoms with van der Waals surface area (Å²) in [5, 5.41) is 3.59. The molecule has 0 amide bonds. The molecule has 17 heavy (non-hydrogen) atoms. The Labute approximate surface area is 108 Å². The monoisotopic (exact) mass is 251 g/mol. The minimum Gasteiger partial charge on any atom is -0.497 e. The first-order valence-electron chi connectivity index (χ1n) is 6.39. The van der Waals surface area contributed by atoms with Crippen LogP contribution in [0.25, 0.3) is 0 Å². The average molecular weight is 251 g/mol. The fourth-order valence-electron chi connectivity index (χ4n) is 2.16. The van der Waals surface area contributed by atoms with E-state index in [0.29, 0.717) is 0 Å². The molecule has 1 fully saturated rings. The van der Waals surface area contributed by atoms with Gasteiger partial charge in [-0.15, -0.1) is 11.8 Å². The largest absolute Gasteiger partial charge is 0.497 e. The number of rotatable bonds is 5. The molecular formula is C14H21NOS. The summed E-state index contributed by atoms with van der Waals surface area (Å²) in [7, 11) is 1.71. The number of ether oxygens (including phenoxy) is 1. The Morgan fingerprint density at radius 3 is 2.76 bits per heavy atom. The van der Waals surface area contributed by atoms with Crippen molar-refractivity contribution in [3.63, 3.8) is 0 Å². The van der Waals surface area contributed by atoms with Crippen LogP contribution in [0.2, 0.25) is 0 Å². The zero-order chi connectivity index (χ0) is 11.9. The van der Waals surface area contributed by atoms with Crippen LogP contribution in [0.15, 0.2) is 29.2 Å². The van der Waals surface area contributed by atoms with E-state index in [1.165, 1.54) is 42.9 Å². The number of hydrogen-bond donors (Lipinski definition) is 1. The van der Waals surface area contributed by atoms with E-state index < -0.39 is 0 Å². The second-order valence-electron chi connectivity index (χ2n) is 4.46. The van der Waals surface area contributed by atoms with E-state index >= 15 is 0 Å². The standard InChI is InChI=1S/C14H21NOS/c1-16-13-5-7-14(8-6-13)17-11-9-12-4-2-3-10-15-12/h5-8,12,15H,2-4,9-11H2,1H3/t12-/m0/s1. The van der Waals surface area contributed by atoms with Gasteiger partial charge in [0.05, 0.1) is 7.11 Å². The zero-order valence-electron chi connectivity index (χ0n) is 10.4. The average Bonchev–Trinajstić information content (AvgIpc) is 2.41. The highest BCUT2D eigenvalue weighted by Gasteiger charge is 2.11. The van der Waals surface area contributed by atoms with Crippen molar-refractivity contribution in [2.75, 3.05) is 19.4 Å². The summed E-state index contributed by atoms with van der Waals surface area (Å²) >= 11 is 1.94. The van der Waals surface area contributed by atoms with E-state index in [1.807, 2.05) is 23.9 Å². The number of thioether (sulfide) groups is 1. The predicted molar refractivity (Wildman–Crippen MR) is 74.0 cm³/mol. The van der Waals surface area contributed by atoms with Crippen molar-refractivity contribution in [3.05, 3.63) is 24.3 Å². The predicted octanol–water partition coefficient (Wildman–Crippen LogP) is 3.32. The molecule has 1 aromatic carbocycles. The van der Waals surface area contributed by atoms with Crippen molar-refractivity contribution in [1.82, 2.24) is 5.32 Å². The number of methoxy groups -OCH3 is 1. The van der Waals surface area contributed by atoms with Gasteiger partial charge < -0.3 is 10.1 Å². The summed E-state index contributed by atoms with van der Waals surface area (Å²) in [6, 6.07) is 9.08. The second-order valence-corrected chi connectivity index (χ2v) is 5.63. The van der Waals surface area contributed by atoms with Crippen LogP contribution in [0.5, 0.6) is 5.75 Å². The van der Waals surface area contributed by atoms with Crippen LogP contribution < -0.4 is 10.1 Å². The van der Waals surface area contributed by atoms with E-state index in [0.717, 1.165) is 11.8 Å². The van der Waals surface area contributed by atoms with Crippen LogP contribution in [0.1, 0.15) is 25.7 Å². The van der Waals surface area contributed by atoms with Gasteiger partial charge in [0.2, 0.25) is 0 Å². The lowest BCUT2D eigenvalue weighted by Gasteiger charge is -2.23. The van der Waals surface area contributed by atoms with Crippen molar-refractivity contribution in [2.45, 2.75) is 36.6 Å². The molecule has 2 nitrogen and oxygen atoms in total. The Morgan fingerprint density at radius 1 is 1.29 bits per heavy atom. The second kappa shape index (κ2) is 6.92. The minimum atomic E-state index is 0.745. The molecule has 1 aliphatic heterocycles. The van der Waals surface area contributed by atoms with E-state index in [9.17, 15) is 0 Å². The maximum atomic E-state index is 5.15. The quantitative estimate of drug-likeness (QED) is 0.811. The third-order valence-corrected chi connectivity index (χ3v) is 4.25. The van der Waals surface area contributed by atoms with E-state index in [-0.39, 0.29) is 0 Å². The summed E-state index contributed by atoms with van der Waals surface area (Å²) < 4.78 is 5.15. The van der Waals surface area contributed by atoms with Crippen molar-refractivity contribution in [1.29, 1.82) is 0 Å². The maximum absolute atomic E-state index is 5.15. The van der Waals surface area contributed by atoms with Crippen LogP contribution in [-0.2, 0) is 0 Å². The van der Waals surface area contributed by atoms with E-state index in [1.54, 1.807) is 7.11 Å². The molecule has 0 spiro atoms. The highest BCUT2D eigenvalue weighted by Crippen LogP contribution is 2.23. The molecular weight excluding hydrogens is 230 g/mol. The van der Waals surface area contributed by atoms with Crippen molar-refractivity contribution in [2.24, 2.45) is 0 Å². The van der Waals surface area contributed by atoms with Gasteiger partial charge in [-0.25, -0.2) is 0 Å². The lowest BCUT2D eigenvalue weighted by molar-refractivity contribution is 0.395. The number of hydrogen-bond acceptors (Lipinski definition) is 3. The van der Waals surface area contributed by atoms with Crippen LogP contribution in [0.3, 0.4) is 0 Å². The normalized spacial score (nSPS) is 20.2. The lowest BCUT2D eigenvalue weighted by atomic mass is 10.0. The molecule has 0 aliphatic carbocycles. The molecule has 1 aromatic rings. The van der Waals surface area contributed by atoms with Crippen LogP contribution in [0.4, 0.5) is 0 Å². The van der Waals surface area contributed by atoms with Gasteiger partial charge in [-0.1, -0.05) is 6.42 Å². The van der Waals surface area contributed by atoms with Crippen molar-refractivity contribution < 1.29 is 4.74 Å². The lowest BCUT2D eigenvalue weighted by Crippen LogP contribution is -2.34. The smallest absolute Gasteiger partial charge is 0.118 e. The molecule has 0 aromatic heterocycles. The molecule has 0 saturated carbocycles.